The van der Waals surface area contributed by atoms with Crippen LogP contribution in [0.15, 0.2) is 6.07 Å². The van der Waals surface area contributed by atoms with Crippen LogP contribution in [0.25, 0.3) is 0 Å². The molecule has 2 heterocycles. The lowest BCUT2D eigenvalue weighted by Gasteiger charge is -2.26. The van der Waals surface area contributed by atoms with Gasteiger partial charge in [-0.05, 0) is 51.9 Å². The number of nitrogens with zero attached hydrogens (tertiary/aromatic N) is 3. The molecular weight excluding hydrogens is 252 g/mol. The van der Waals surface area contributed by atoms with Gasteiger partial charge in [-0.3, -0.25) is 9.48 Å². The summed E-state index contributed by atoms with van der Waals surface area (Å²) in [5.74, 6) is 0.140. The molecule has 0 bridgehead atoms. The van der Waals surface area contributed by atoms with Gasteiger partial charge in [0.15, 0.2) is 0 Å². The summed E-state index contributed by atoms with van der Waals surface area (Å²) in [4.78, 5) is 14.3. The molecule has 1 fully saturated rings. The maximum atomic E-state index is 11.8. The predicted octanol–water partition coefficient (Wildman–Crippen LogP) is 1.61. The molecule has 0 aliphatic carbocycles. The molecule has 0 spiro atoms. The fourth-order valence-electron chi connectivity index (χ4n) is 2.75. The van der Waals surface area contributed by atoms with Gasteiger partial charge in [0, 0.05) is 13.5 Å². The van der Waals surface area contributed by atoms with Crippen molar-refractivity contribution in [2.24, 2.45) is 7.05 Å². The normalized spacial score (nSPS) is 16.3. The monoisotopic (exact) mass is 278 g/mol. The van der Waals surface area contributed by atoms with Crippen LogP contribution in [0.4, 0.5) is 0 Å². The molecule has 5 nitrogen and oxygen atoms in total. The van der Waals surface area contributed by atoms with E-state index < -0.39 is 0 Å². The third-order valence-corrected chi connectivity index (χ3v) is 3.89. The minimum Gasteiger partial charge on any atom is -0.350 e. The van der Waals surface area contributed by atoms with Crippen LogP contribution in [0.3, 0.4) is 0 Å². The summed E-state index contributed by atoms with van der Waals surface area (Å²) in [6, 6.07) is 2.01. The van der Waals surface area contributed by atoms with Crippen molar-refractivity contribution in [3.8, 4) is 0 Å². The van der Waals surface area contributed by atoms with E-state index in [0.29, 0.717) is 13.0 Å². The molecule has 2 rings (SSSR count). The molecule has 20 heavy (non-hydrogen) atoms. The Hall–Kier alpha value is -1.36. The zero-order chi connectivity index (χ0) is 14.4. The Balaban J connectivity index is 1.61. The highest BCUT2D eigenvalue weighted by molar-refractivity contribution is 5.75. The summed E-state index contributed by atoms with van der Waals surface area (Å²) >= 11 is 0. The molecule has 0 unspecified atom stereocenters. The molecular formula is C15H26N4O. The van der Waals surface area contributed by atoms with Gasteiger partial charge in [-0.25, -0.2) is 0 Å². The van der Waals surface area contributed by atoms with E-state index in [1.807, 2.05) is 24.7 Å². The molecule has 0 saturated carbocycles. The molecule has 1 saturated heterocycles. The van der Waals surface area contributed by atoms with Gasteiger partial charge in [-0.2, -0.15) is 5.10 Å². The standard InChI is InChI=1S/C15H26N4O/c1-13-11-14(18(2)17-13)12-16-15(20)7-6-10-19-8-4-3-5-9-19/h11H,3-10,12H2,1-2H3,(H,16,20). The van der Waals surface area contributed by atoms with Crippen LogP contribution in [-0.2, 0) is 18.4 Å². The summed E-state index contributed by atoms with van der Waals surface area (Å²) in [5.41, 5.74) is 2.04. The van der Waals surface area contributed by atoms with Crippen molar-refractivity contribution in [2.75, 3.05) is 19.6 Å². The van der Waals surface area contributed by atoms with E-state index >= 15 is 0 Å². The van der Waals surface area contributed by atoms with Crippen molar-refractivity contribution in [1.82, 2.24) is 20.0 Å². The lowest BCUT2D eigenvalue weighted by atomic mass is 10.1. The number of hydrogen-bond donors (Lipinski definition) is 1. The van der Waals surface area contributed by atoms with Gasteiger partial charge in [0.1, 0.15) is 0 Å². The number of piperidine rings is 1. The van der Waals surface area contributed by atoms with Gasteiger partial charge in [-0.1, -0.05) is 6.42 Å². The number of nitrogens with one attached hydrogen (secondary N) is 1. The van der Waals surface area contributed by atoms with Crippen molar-refractivity contribution in [1.29, 1.82) is 0 Å². The van der Waals surface area contributed by atoms with Gasteiger partial charge >= 0.3 is 0 Å². The lowest BCUT2D eigenvalue weighted by Crippen LogP contribution is -2.31. The van der Waals surface area contributed by atoms with Crippen molar-refractivity contribution >= 4 is 5.91 Å². The molecule has 1 aliphatic heterocycles. The van der Waals surface area contributed by atoms with E-state index in [2.05, 4.69) is 15.3 Å². The molecule has 0 radical (unpaired) electrons. The maximum Gasteiger partial charge on any atom is 0.220 e. The van der Waals surface area contributed by atoms with E-state index in [1.165, 1.54) is 32.4 Å². The molecule has 112 valence electrons. The number of aromatic nitrogens is 2. The van der Waals surface area contributed by atoms with Crippen LogP contribution >= 0.6 is 0 Å². The van der Waals surface area contributed by atoms with Crippen LogP contribution in [0.1, 0.15) is 43.5 Å². The highest BCUT2D eigenvalue weighted by atomic mass is 16.1. The Labute approximate surface area is 121 Å². The third-order valence-electron chi connectivity index (χ3n) is 3.89. The van der Waals surface area contributed by atoms with Gasteiger partial charge in [0.25, 0.3) is 0 Å². The quantitative estimate of drug-likeness (QED) is 0.860. The molecule has 1 N–H and O–H groups in total. The van der Waals surface area contributed by atoms with Crippen molar-refractivity contribution in [3.63, 3.8) is 0 Å². The zero-order valence-electron chi connectivity index (χ0n) is 12.7. The van der Waals surface area contributed by atoms with E-state index in [9.17, 15) is 4.79 Å². The Bertz CT molecular complexity index is 435. The molecule has 1 aromatic heterocycles. The number of hydrogen-bond acceptors (Lipinski definition) is 3. The number of amides is 1. The maximum absolute atomic E-state index is 11.8. The Morgan fingerprint density at radius 3 is 2.75 bits per heavy atom. The van der Waals surface area contributed by atoms with Crippen LogP contribution in [0.5, 0.6) is 0 Å². The molecule has 1 aliphatic rings. The first-order chi connectivity index (χ1) is 9.65. The van der Waals surface area contributed by atoms with Crippen molar-refractivity contribution in [2.45, 2.75) is 45.6 Å². The van der Waals surface area contributed by atoms with E-state index in [1.54, 1.807) is 0 Å². The summed E-state index contributed by atoms with van der Waals surface area (Å²) in [7, 11) is 1.91. The second-order valence-corrected chi connectivity index (χ2v) is 5.68. The number of likely N-dealkylation sites (tertiary alicyclic amines) is 1. The first-order valence-corrected chi connectivity index (χ1v) is 7.64. The first-order valence-electron chi connectivity index (χ1n) is 7.64. The van der Waals surface area contributed by atoms with Gasteiger partial charge in [0.2, 0.25) is 5.91 Å². The summed E-state index contributed by atoms with van der Waals surface area (Å²) in [6.07, 6.45) is 5.56. The largest absolute Gasteiger partial charge is 0.350 e. The highest BCUT2D eigenvalue weighted by Gasteiger charge is 2.10. The van der Waals surface area contributed by atoms with E-state index in [0.717, 1.165) is 24.4 Å². The van der Waals surface area contributed by atoms with Crippen LogP contribution in [0, 0.1) is 6.92 Å². The fraction of sp³-hybridized carbons (Fsp3) is 0.733. The predicted molar refractivity (Wildman–Crippen MR) is 79.3 cm³/mol. The molecule has 1 aromatic rings. The Morgan fingerprint density at radius 1 is 1.35 bits per heavy atom. The first kappa shape index (κ1) is 15.0. The third kappa shape index (κ3) is 4.63. The van der Waals surface area contributed by atoms with Crippen LogP contribution in [-0.4, -0.2) is 40.2 Å². The smallest absolute Gasteiger partial charge is 0.220 e. The molecule has 0 atom stereocenters. The molecule has 5 heteroatoms. The van der Waals surface area contributed by atoms with Crippen LogP contribution in [0.2, 0.25) is 0 Å². The minimum absolute atomic E-state index is 0.140. The topological polar surface area (TPSA) is 50.2 Å². The number of rotatable bonds is 6. The van der Waals surface area contributed by atoms with E-state index in [-0.39, 0.29) is 5.91 Å². The fourth-order valence-corrected chi connectivity index (χ4v) is 2.75. The molecule has 1 amide bonds. The lowest BCUT2D eigenvalue weighted by molar-refractivity contribution is -0.121. The highest BCUT2D eigenvalue weighted by Crippen LogP contribution is 2.09. The summed E-state index contributed by atoms with van der Waals surface area (Å²) in [6.45, 7) is 5.99. The molecule has 0 aromatic carbocycles. The van der Waals surface area contributed by atoms with Crippen LogP contribution < -0.4 is 5.32 Å². The van der Waals surface area contributed by atoms with E-state index in [4.69, 9.17) is 0 Å². The zero-order valence-corrected chi connectivity index (χ0v) is 12.7. The average Bonchev–Trinajstić information content (AvgIpc) is 2.76. The Kier molecular flexibility index (Phi) is 5.59. The number of carbonyl (C=O) groups excluding carboxylic acids is 1. The van der Waals surface area contributed by atoms with Gasteiger partial charge in [0.05, 0.1) is 17.9 Å². The summed E-state index contributed by atoms with van der Waals surface area (Å²) < 4.78 is 1.82. The van der Waals surface area contributed by atoms with Gasteiger partial charge in [-0.15, -0.1) is 0 Å². The second kappa shape index (κ2) is 7.43. The SMILES string of the molecule is Cc1cc(CNC(=O)CCCN2CCCCC2)n(C)n1. The summed E-state index contributed by atoms with van der Waals surface area (Å²) in [5, 5.41) is 7.24. The van der Waals surface area contributed by atoms with Gasteiger partial charge < -0.3 is 10.2 Å². The van der Waals surface area contributed by atoms with Crippen molar-refractivity contribution < 1.29 is 4.79 Å². The number of carbonyl (C=O) groups is 1. The minimum atomic E-state index is 0.140. The van der Waals surface area contributed by atoms with Crippen molar-refractivity contribution in [3.05, 3.63) is 17.5 Å². The number of aryl methyl sites for hydroxylation is 2. The average molecular weight is 278 g/mol. The Morgan fingerprint density at radius 2 is 2.10 bits per heavy atom. The second-order valence-electron chi connectivity index (χ2n) is 5.68.